The van der Waals surface area contributed by atoms with Gasteiger partial charge in [-0.15, -0.1) is 0 Å². The van der Waals surface area contributed by atoms with Crippen molar-refractivity contribution in [1.29, 1.82) is 0 Å². The molecule has 1 atom stereocenters. The molecule has 0 unspecified atom stereocenters. The van der Waals surface area contributed by atoms with Gasteiger partial charge in [-0.2, -0.15) is 5.10 Å². The molecule has 0 aromatic heterocycles. The summed E-state index contributed by atoms with van der Waals surface area (Å²) in [6.07, 6.45) is 0. The summed E-state index contributed by atoms with van der Waals surface area (Å²) >= 11 is 0. The Morgan fingerprint density at radius 1 is 1.14 bits per heavy atom. The van der Waals surface area contributed by atoms with Crippen LogP contribution in [0.2, 0.25) is 0 Å². The summed E-state index contributed by atoms with van der Waals surface area (Å²) in [6, 6.07) is 8.89. The van der Waals surface area contributed by atoms with E-state index in [9.17, 15) is 9.59 Å². The van der Waals surface area contributed by atoms with E-state index in [1.54, 1.807) is 24.3 Å². The van der Waals surface area contributed by atoms with Crippen molar-refractivity contribution < 1.29 is 9.59 Å². The van der Waals surface area contributed by atoms with Gasteiger partial charge < -0.3 is 0 Å². The predicted molar refractivity (Wildman–Crippen MR) is 84.9 cm³/mol. The van der Waals surface area contributed by atoms with Crippen LogP contribution in [0, 0.1) is 5.41 Å². The first kappa shape index (κ1) is 16.2. The Morgan fingerprint density at radius 2 is 1.73 bits per heavy atom. The van der Waals surface area contributed by atoms with Gasteiger partial charge in [0.25, 0.3) is 5.91 Å². The molecule has 118 valence electrons. The van der Waals surface area contributed by atoms with E-state index < -0.39 is 11.1 Å². The third kappa shape index (κ3) is 2.50. The first-order valence-corrected chi connectivity index (χ1v) is 7.19. The molecule has 1 heterocycles. The minimum absolute atomic E-state index is 0.186. The largest absolute Gasteiger partial charge is 0.285 e. The lowest BCUT2D eigenvalue weighted by Gasteiger charge is -2.42. The van der Waals surface area contributed by atoms with E-state index in [1.165, 1.54) is 11.9 Å². The van der Waals surface area contributed by atoms with Gasteiger partial charge in [-0.25, -0.2) is 10.4 Å². The molecule has 0 bridgehead atoms. The van der Waals surface area contributed by atoms with Crippen molar-refractivity contribution in [2.24, 2.45) is 10.5 Å². The smallest absolute Gasteiger partial charge is 0.265 e. The minimum Gasteiger partial charge on any atom is -0.285 e. The third-order valence-corrected chi connectivity index (χ3v) is 4.55. The van der Waals surface area contributed by atoms with Crippen molar-refractivity contribution in [3.05, 3.63) is 35.9 Å². The highest BCUT2D eigenvalue weighted by Gasteiger charge is 2.54. The van der Waals surface area contributed by atoms with Gasteiger partial charge in [0, 0.05) is 23.6 Å². The first-order valence-electron chi connectivity index (χ1n) is 7.19. The van der Waals surface area contributed by atoms with Gasteiger partial charge in [0.2, 0.25) is 5.91 Å². The van der Waals surface area contributed by atoms with Crippen LogP contribution in [0.25, 0.3) is 0 Å². The third-order valence-electron chi connectivity index (χ3n) is 4.55. The summed E-state index contributed by atoms with van der Waals surface area (Å²) in [5.41, 5.74) is 5.79. The predicted octanol–water partition coefficient (Wildman–Crippen LogP) is 1.90. The summed E-state index contributed by atoms with van der Waals surface area (Å²) in [5, 5.41) is 5.71. The van der Waals surface area contributed by atoms with Crippen LogP contribution in [0.15, 0.2) is 35.4 Å². The van der Waals surface area contributed by atoms with Gasteiger partial charge in [-0.3, -0.25) is 15.0 Å². The van der Waals surface area contributed by atoms with Crippen LogP contribution < -0.4 is 10.9 Å². The fraction of sp³-hybridized carbons (Fsp3) is 0.438. The van der Waals surface area contributed by atoms with Crippen LogP contribution in [0.3, 0.4) is 0 Å². The number of carbonyl (C=O) groups is 2. The second-order valence-corrected chi connectivity index (χ2v) is 6.16. The van der Waals surface area contributed by atoms with E-state index in [2.05, 4.69) is 16.0 Å². The van der Waals surface area contributed by atoms with Crippen LogP contribution in [0.5, 0.6) is 0 Å². The number of benzene rings is 1. The Balaban J connectivity index is 2.19. The van der Waals surface area contributed by atoms with Gasteiger partial charge in [0.05, 0.1) is 0 Å². The molecule has 0 aliphatic carbocycles. The number of hydrazine groups is 1. The topological polar surface area (TPSA) is 73.8 Å². The Bertz CT molecular complexity index is 624. The van der Waals surface area contributed by atoms with Crippen molar-refractivity contribution in [1.82, 2.24) is 15.9 Å². The monoisotopic (exact) mass is 302 g/mol. The molecule has 0 saturated carbocycles. The van der Waals surface area contributed by atoms with Gasteiger partial charge in [-0.05, 0) is 26.0 Å². The van der Waals surface area contributed by atoms with Crippen molar-refractivity contribution in [2.45, 2.75) is 40.3 Å². The molecule has 0 radical (unpaired) electrons. The average molecular weight is 302 g/mol. The number of nitrogens with zero attached hydrogens (tertiary/aromatic N) is 2. The SMILES string of the molecule is CC(=O)N1N=C(C)C(C)(C)[C@@]1(C)NNC(=O)c1ccccc1. The van der Waals surface area contributed by atoms with Crippen molar-refractivity contribution in [3.8, 4) is 0 Å². The fourth-order valence-corrected chi connectivity index (χ4v) is 2.43. The van der Waals surface area contributed by atoms with E-state index in [0.717, 1.165) is 5.71 Å². The number of hydrazone groups is 1. The molecule has 1 aromatic rings. The second kappa shape index (κ2) is 5.53. The van der Waals surface area contributed by atoms with Crippen LogP contribution in [0.4, 0.5) is 0 Å². The Labute approximate surface area is 130 Å². The molecular formula is C16H22N4O2. The molecule has 2 amide bonds. The van der Waals surface area contributed by atoms with E-state index in [4.69, 9.17) is 0 Å². The van der Waals surface area contributed by atoms with Crippen LogP contribution in [-0.4, -0.2) is 28.2 Å². The quantitative estimate of drug-likeness (QED) is 0.838. The molecule has 1 aromatic carbocycles. The zero-order valence-electron chi connectivity index (χ0n) is 13.6. The molecule has 0 fully saturated rings. The summed E-state index contributed by atoms with van der Waals surface area (Å²) in [4.78, 5) is 24.1. The fourth-order valence-electron chi connectivity index (χ4n) is 2.43. The zero-order valence-corrected chi connectivity index (χ0v) is 13.6. The average Bonchev–Trinajstić information content (AvgIpc) is 2.66. The molecule has 0 spiro atoms. The van der Waals surface area contributed by atoms with E-state index >= 15 is 0 Å². The number of carbonyl (C=O) groups excluding carboxylic acids is 2. The van der Waals surface area contributed by atoms with Crippen LogP contribution >= 0.6 is 0 Å². The highest BCUT2D eigenvalue weighted by atomic mass is 16.2. The molecule has 2 rings (SSSR count). The van der Waals surface area contributed by atoms with Crippen LogP contribution in [-0.2, 0) is 4.79 Å². The standard InChI is InChI=1S/C16H22N4O2/c1-11-15(3,4)16(5,20(18-11)12(2)21)19-17-14(22)13-9-7-6-8-10-13/h6-10,19H,1-5H3,(H,17,22)/t16-/m0/s1. The maximum absolute atomic E-state index is 12.2. The van der Waals surface area contributed by atoms with Crippen LogP contribution in [0.1, 0.15) is 45.0 Å². The summed E-state index contributed by atoms with van der Waals surface area (Å²) in [6.45, 7) is 9.14. The molecule has 22 heavy (non-hydrogen) atoms. The van der Waals surface area contributed by atoms with E-state index in [1.807, 2.05) is 33.8 Å². The first-order chi connectivity index (χ1) is 10.2. The number of rotatable bonds is 3. The molecule has 1 aliphatic rings. The molecule has 2 N–H and O–H groups in total. The lowest BCUT2D eigenvalue weighted by Crippen LogP contribution is -2.66. The second-order valence-electron chi connectivity index (χ2n) is 6.16. The van der Waals surface area contributed by atoms with E-state index in [-0.39, 0.29) is 11.8 Å². The van der Waals surface area contributed by atoms with Crippen molar-refractivity contribution in [3.63, 3.8) is 0 Å². The normalized spacial score (nSPS) is 23.1. The highest BCUT2D eigenvalue weighted by Crippen LogP contribution is 2.40. The van der Waals surface area contributed by atoms with Gasteiger partial charge in [0.1, 0.15) is 5.66 Å². The molecular weight excluding hydrogens is 280 g/mol. The summed E-state index contributed by atoms with van der Waals surface area (Å²) in [5.74, 6) is -0.445. The Kier molecular flexibility index (Phi) is 4.06. The van der Waals surface area contributed by atoms with Crippen molar-refractivity contribution >= 4 is 17.5 Å². The Morgan fingerprint density at radius 3 is 2.27 bits per heavy atom. The van der Waals surface area contributed by atoms with E-state index in [0.29, 0.717) is 5.56 Å². The van der Waals surface area contributed by atoms with Gasteiger partial charge >= 0.3 is 0 Å². The molecule has 6 nitrogen and oxygen atoms in total. The number of hydrogen-bond acceptors (Lipinski definition) is 4. The summed E-state index contributed by atoms with van der Waals surface area (Å²) < 4.78 is 0. The number of amides is 2. The Hall–Kier alpha value is -2.21. The minimum atomic E-state index is -0.840. The zero-order chi connectivity index (χ0) is 16.5. The number of nitrogens with one attached hydrogen (secondary N) is 2. The molecule has 1 aliphatic heterocycles. The number of hydrogen-bond donors (Lipinski definition) is 2. The van der Waals surface area contributed by atoms with Crippen molar-refractivity contribution in [2.75, 3.05) is 0 Å². The molecule has 0 saturated heterocycles. The lowest BCUT2D eigenvalue weighted by molar-refractivity contribution is -0.138. The maximum atomic E-state index is 12.2. The highest BCUT2D eigenvalue weighted by molar-refractivity contribution is 5.95. The molecule has 6 heteroatoms. The van der Waals surface area contributed by atoms with Gasteiger partial charge in [0.15, 0.2) is 0 Å². The maximum Gasteiger partial charge on any atom is 0.265 e. The lowest BCUT2D eigenvalue weighted by atomic mass is 9.77. The summed E-state index contributed by atoms with van der Waals surface area (Å²) in [7, 11) is 0. The van der Waals surface area contributed by atoms with Gasteiger partial charge in [-0.1, -0.05) is 32.0 Å².